The normalized spacial score (nSPS) is 13.7. The fraction of sp³-hybridized carbons (Fsp3) is 0.294. The first-order valence-corrected chi connectivity index (χ1v) is 7.48. The summed E-state index contributed by atoms with van der Waals surface area (Å²) in [6.45, 7) is 1.96. The highest BCUT2D eigenvalue weighted by Crippen LogP contribution is 2.31. The molecule has 3 rings (SSSR count). The summed E-state index contributed by atoms with van der Waals surface area (Å²) < 4.78 is 0. The summed E-state index contributed by atoms with van der Waals surface area (Å²) in [5.41, 5.74) is 2.02. The van der Waals surface area contributed by atoms with E-state index in [4.69, 9.17) is 5.11 Å². The van der Waals surface area contributed by atoms with Crippen molar-refractivity contribution < 1.29 is 19.5 Å². The van der Waals surface area contributed by atoms with Gasteiger partial charge in [-0.3, -0.25) is 24.3 Å². The van der Waals surface area contributed by atoms with Crippen LogP contribution in [0.25, 0.3) is 10.9 Å². The summed E-state index contributed by atoms with van der Waals surface area (Å²) in [6.07, 6.45) is 0.940. The number of carboxylic acid groups (broad SMARTS) is 1. The van der Waals surface area contributed by atoms with E-state index in [1.54, 1.807) is 13.0 Å². The minimum Gasteiger partial charge on any atom is -0.481 e. The number of amides is 2. The third-order valence-corrected chi connectivity index (χ3v) is 4.01. The Morgan fingerprint density at radius 3 is 2.57 bits per heavy atom. The molecule has 0 saturated carbocycles. The van der Waals surface area contributed by atoms with Gasteiger partial charge >= 0.3 is 5.97 Å². The first-order valence-electron chi connectivity index (χ1n) is 7.48. The fourth-order valence-corrected chi connectivity index (χ4v) is 2.93. The first kappa shape index (κ1) is 15.1. The van der Waals surface area contributed by atoms with Crippen molar-refractivity contribution in [2.75, 3.05) is 6.54 Å². The maximum Gasteiger partial charge on any atom is 0.303 e. The highest BCUT2D eigenvalue weighted by atomic mass is 16.4. The Balaban J connectivity index is 1.92. The molecule has 0 unspecified atom stereocenters. The standard InChI is InChI=1S/C17H16N2O4/c1-10-14-15(11-6-2-3-7-12(11)18-10)17(23)19(16(14)22)9-5-4-8-13(20)21/h2-3,6-7H,4-5,8-9H2,1H3,(H,20,21). The second kappa shape index (κ2) is 5.79. The average molecular weight is 312 g/mol. The smallest absolute Gasteiger partial charge is 0.303 e. The highest BCUT2D eigenvalue weighted by molar-refractivity contribution is 6.26. The van der Waals surface area contributed by atoms with Gasteiger partial charge in [0, 0.05) is 18.4 Å². The van der Waals surface area contributed by atoms with Crippen LogP contribution >= 0.6 is 0 Å². The lowest BCUT2D eigenvalue weighted by molar-refractivity contribution is -0.137. The van der Waals surface area contributed by atoms with Crippen molar-refractivity contribution in [3.63, 3.8) is 0 Å². The molecule has 2 heterocycles. The molecule has 6 nitrogen and oxygen atoms in total. The Labute approximate surface area is 132 Å². The number of nitrogens with zero attached hydrogens (tertiary/aromatic N) is 2. The zero-order valence-corrected chi connectivity index (χ0v) is 12.7. The largest absolute Gasteiger partial charge is 0.481 e. The van der Waals surface area contributed by atoms with Crippen molar-refractivity contribution in [3.8, 4) is 0 Å². The number of carbonyl (C=O) groups is 3. The lowest BCUT2D eigenvalue weighted by Gasteiger charge is -2.13. The molecule has 0 atom stereocenters. The van der Waals surface area contributed by atoms with Crippen LogP contribution in [0.2, 0.25) is 0 Å². The van der Waals surface area contributed by atoms with Crippen LogP contribution < -0.4 is 0 Å². The molecule has 1 aliphatic heterocycles. The molecule has 0 radical (unpaired) electrons. The molecule has 1 aromatic carbocycles. The van der Waals surface area contributed by atoms with Crippen LogP contribution in [0, 0.1) is 6.92 Å². The first-order chi connectivity index (χ1) is 11.0. The van der Waals surface area contributed by atoms with Gasteiger partial charge in [-0.2, -0.15) is 0 Å². The summed E-state index contributed by atoms with van der Waals surface area (Å²) in [5.74, 6) is -1.53. The van der Waals surface area contributed by atoms with Gasteiger partial charge in [-0.1, -0.05) is 18.2 Å². The molecule has 118 valence electrons. The lowest BCUT2D eigenvalue weighted by Crippen LogP contribution is -2.30. The minimum atomic E-state index is -0.876. The van der Waals surface area contributed by atoms with E-state index in [1.807, 2.05) is 18.2 Å². The third kappa shape index (κ3) is 2.56. The summed E-state index contributed by atoms with van der Waals surface area (Å²) in [5, 5.41) is 9.33. The van der Waals surface area contributed by atoms with Gasteiger partial charge in [0.1, 0.15) is 0 Å². The van der Waals surface area contributed by atoms with Crippen molar-refractivity contribution in [2.45, 2.75) is 26.2 Å². The summed E-state index contributed by atoms with van der Waals surface area (Å²) in [7, 11) is 0. The molecular formula is C17H16N2O4. The lowest BCUT2D eigenvalue weighted by atomic mass is 10.0. The number of pyridine rings is 1. The molecule has 1 aliphatic rings. The van der Waals surface area contributed by atoms with Crippen LogP contribution in [0.3, 0.4) is 0 Å². The van der Waals surface area contributed by atoms with E-state index in [9.17, 15) is 14.4 Å². The van der Waals surface area contributed by atoms with E-state index in [1.165, 1.54) is 4.90 Å². The number of para-hydroxylation sites is 1. The molecule has 6 heteroatoms. The predicted octanol–water partition coefficient (Wildman–Crippen LogP) is 2.39. The molecule has 2 amide bonds. The number of unbranched alkanes of at least 4 members (excludes halogenated alkanes) is 1. The van der Waals surface area contributed by atoms with Crippen molar-refractivity contribution in [1.82, 2.24) is 9.88 Å². The van der Waals surface area contributed by atoms with E-state index >= 15 is 0 Å². The summed E-state index contributed by atoms with van der Waals surface area (Å²) >= 11 is 0. The van der Waals surface area contributed by atoms with Crippen molar-refractivity contribution in [3.05, 3.63) is 41.1 Å². The van der Waals surface area contributed by atoms with Crippen LogP contribution in [-0.4, -0.2) is 39.3 Å². The minimum absolute atomic E-state index is 0.0344. The molecule has 0 saturated heterocycles. The number of aliphatic carboxylic acids is 1. The second-order valence-corrected chi connectivity index (χ2v) is 5.58. The van der Waals surface area contributed by atoms with E-state index < -0.39 is 5.97 Å². The molecule has 23 heavy (non-hydrogen) atoms. The number of carbonyl (C=O) groups excluding carboxylic acids is 2. The number of aryl methyl sites for hydroxylation is 1. The van der Waals surface area contributed by atoms with E-state index in [0.29, 0.717) is 40.6 Å². The van der Waals surface area contributed by atoms with Gasteiger partial charge < -0.3 is 5.11 Å². The maximum absolute atomic E-state index is 12.7. The molecular weight excluding hydrogens is 296 g/mol. The molecule has 0 aliphatic carbocycles. The monoisotopic (exact) mass is 312 g/mol. The predicted molar refractivity (Wildman–Crippen MR) is 83.3 cm³/mol. The highest BCUT2D eigenvalue weighted by Gasteiger charge is 2.38. The Kier molecular flexibility index (Phi) is 3.82. The Bertz CT molecular complexity index is 829. The Morgan fingerprint density at radius 2 is 1.83 bits per heavy atom. The third-order valence-electron chi connectivity index (χ3n) is 4.01. The van der Waals surface area contributed by atoms with E-state index in [0.717, 1.165) is 0 Å². The molecule has 1 N–H and O–H groups in total. The van der Waals surface area contributed by atoms with Crippen molar-refractivity contribution >= 4 is 28.7 Å². The zero-order chi connectivity index (χ0) is 16.6. The van der Waals surface area contributed by atoms with Gasteiger partial charge in [-0.25, -0.2) is 0 Å². The van der Waals surface area contributed by atoms with E-state index in [2.05, 4.69) is 4.98 Å². The molecule has 0 spiro atoms. The van der Waals surface area contributed by atoms with Crippen LogP contribution in [0.4, 0.5) is 0 Å². The fourth-order valence-electron chi connectivity index (χ4n) is 2.93. The number of hydrogen-bond donors (Lipinski definition) is 1. The number of benzene rings is 1. The van der Waals surface area contributed by atoms with E-state index in [-0.39, 0.29) is 24.8 Å². The number of imide groups is 1. The van der Waals surface area contributed by atoms with Gasteiger partial charge in [0.15, 0.2) is 0 Å². The Hall–Kier alpha value is -2.76. The Morgan fingerprint density at radius 1 is 1.13 bits per heavy atom. The van der Waals surface area contributed by atoms with Gasteiger partial charge in [-0.15, -0.1) is 0 Å². The molecule has 0 fully saturated rings. The average Bonchev–Trinajstić information content (AvgIpc) is 2.76. The topological polar surface area (TPSA) is 87.6 Å². The quantitative estimate of drug-likeness (QED) is 0.676. The van der Waals surface area contributed by atoms with Gasteiger partial charge in [-0.05, 0) is 25.8 Å². The number of rotatable bonds is 5. The van der Waals surface area contributed by atoms with Crippen LogP contribution in [0.5, 0.6) is 0 Å². The molecule has 1 aromatic heterocycles. The van der Waals surface area contributed by atoms with Crippen LogP contribution in [-0.2, 0) is 4.79 Å². The maximum atomic E-state index is 12.7. The molecule has 2 aromatic rings. The van der Waals surface area contributed by atoms with Gasteiger partial charge in [0.25, 0.3) is 11.8 Å². The number of aromatic nitrogens is 1. The summed E-state index contributed by atoms with van der Waals surface area (Å²) in [6, 6.07) is 7.26. The number of carboxylic acids is 1. The molecule has 0 bridgehead atoms. The second-order valence-electron chi connectivity index (χ2n) is 5.58. The zero-order valence-electron chi connectivity index (χ0n) is 12.7. The van der Waals surface area contributed by atoms with Crippen molar-refractivity contribution in [2.24, 2.45) is 0 Å². The van der Waals surface area contributed by atoms with Gasteiger partial charge in [0.05, 0.1) is 22.3 Å². The van der Waals surface area contributed by atoms with Crippen LogP contribution in [0.1, 0.15) is 45.7 Å². The SMILES string of the molecule is Cc1nc2ccccc2c2c1C(=O)N(CCCCC(=O)O)C2=O. The van der Waals surface area contributed by atoms with Gasteiger partial charge in [0.2, 0.25) is 0 Å². The van der Waals surface area contributed by atoms with Crippen LogP contribution in [0.15, 0.2) is 24.3 Å². The number of hydrogen-bond acceptors (Lipinski definition) is 4. The number of fused-ring (bicyclic) bond motifs is 3. The summed E-state index contributed by atoms with van der Waals surface area (Å²) in [4.78, 5) is 41.4. The van der Waals surface area contributed by atoms with Crippen molar-refractivity contribution in [1.29, 1.82) is 0 Å².